The van der Waals surface area contributed by atoms with Gasteiger partial charge in [0.1, 0.15) is 0 Å². The third-order valence-electron chi connectivity index (χ3n) is 4.80. The SMILES string of the molecule is CCC(Cc1ccccc1)(OC)c1ccccc1-c1ccccc1. The largest absolute Gasteiger partial charge is 0.373 e. The predicted molar refractivity (Wildman–Crippen MR) is 101 cm³/mol. The Kier molecular flexibility index (Phi) is 5.12. The highest BCUT2D eigenvalue weighted by Gasteiger charge is 2.32. The first-order valence-corrected chi connectivity index (χ1v) is 8.53. The zero-order valence-electron chi connectivity index (χ0n) is 14.4. The Labute approximate surface area is 144 Å². The summed E-state index contributed by atoms with van der Waals surface area (Å²) in [4.78, 5) is 0. The van der Waals surface area contributed by atoms with Crippen molar-refractivity contribution in [2.45, 2.75) is 25.4 Å². The number of hydrogen-bond acceptors (Lipinski definition) is 1. The maximum atomic E-state index is 6.14. The van der Waals surface area contributed by atoms with E-state index in [1.165, 1.54) is 22.3 Å². The summed E-state index contributed by atoms with van der Waals surface area (Å²) in [6.45, 7) is 2.20. The van der Waals surface area contributed by atoms with E-state index in [2.05, 4.69) is 91.9 Å². The molecule has 0 spiro atoms. The summed E-state index contributed by atoms with van der Waals surface area (Å²) >= 11 is 0. The number of benzene rings is 3. The molecule has 0 bridgehead atoms. The van der Waals surface area contributed by atoms with Gasteiger partial charge >= 0.3 is 0 Å². The summed E-state index contributed by atoms with van der Waals surface area (Å²) in [5, 5.41) is 0. The molecule has 0 saturated heterocycles. The summed E-state index contributed by atoms with van der Waals surface area (Å²) in [7, 11) is 1.83. The molecule has 0 aliphatic heterocycles. The van der Waals surface area contributed by atoms with Crippen LogP contribution in [-0.2, 0) is 16.8 Å². The van der Waals surface area contributed by atoms with Crippen LogP contribution in [-0.4, -0.2) is 7.11 Å². The second-order valence-corrected chi connectivity index (χ2v) is 6.13. The summed E-state index contributed by atoms with van der Waals surface area (Å²) in [6, 6.07) is 29.8. The van der Waals surface area contributed by atoms with Crippen molar-refractivity contribution in [1.29, 1.82) is 0 Å². The van der Waals surface area contributed by atoms with E-state index in [4.69, 9.17) is 4.74 Å². The Morgan fingerprint density at radius 2 is 1.33 bits per heavy atom. The minimum absolute atomic E-state index is 0.326. The van der Waals surface area contributed by atoms with Gasteiger partial charge in [0.2, 0.25) is 0 Å². The molecule has 3 aromatic carbocycles. The molecule has 24 heavy (non-hydrogen) atoms. The van der Waals surface area contributed by atoms with Crippen molar-refractivity contribution >= 4 is 0 Å². The van der Waals surface area contributed by atoms with Crippen LogP contribution >= 0.6 is 0 Å². The van der Waals surface area contributed by atoms with Crippen LogP contribution in [0, 0.1) is 0 Å². The first-order chi connectivity index (χ1) is 11.8. The molecule has 0 N–H and O–H groups in total. The van der Waals surface area contributed by atoms with E-state index >= 15 is 0 Å². The zero-order chi connectivity index (χ0) is 16.8. The monoisotopic (exact) mass is 316 g/mol. The average molecular weight is 316 g/mol. The third-order valence-corrected chi connectivity index (χ3v) is 4.80. The molecule has 0 heterocycles. The molecule has 1 atom stereocenters. The van der Waals surface area contributed by atoms with Crippen LogP contribution in [0.3, 0.4) is 0 Å². The molecule has 0 radical (unpaired) electrons. The van der Waals surface area contributed by atoms with Gasteiger partial charge in [-0.2, -0.15) is 0 Å². The van der Waals surface area contributed by atoms with Crippen molar-refractivity contribution in [2.75, 3.05) is 7.11 Å². The van der Waals surface area contributed by atoms with Gasteiger partial charge in [-0.3, -0.25) is 0 Å². The minimum Gasteiger partial charge on any atom is -0.373 e. The lowest BCUT2D eigenvalue weighted by molar-refractivity contribution is -0.0177. The third kappa shape index (κ3) is 3.27. The number of hydrogen-bond donors (Lipinski definition) is 0. The van der Waals surface area contributed by atoms with Gasteiger partial charge in [-0.15, -0.1) is 0 Å². The molecule has 0 fully saturated rings. The molecular weight excluding hydrogens is 292 g/mol. The highest BCUT2D eigenvalue weighted by Crippen LogP contribution is 2.38. The van der Waals surface area contributed by atoms with Crippen LogP contribution in [0.1, 0.15) is 24.5 Å². The molecule has 1 heteroatoms. The maximum absolute atomic E-state index is 6.14. The van der Waals surface area contributed by atoms with Crippen LogP contribution in [0.2, 0.25) is 0 Å². The molecule has 3 rings (SSSR count). The lowest BCUT2D eigenvalue weighted by atomic mass is 9.80. The minimum atomic E-state index is -0.326. The Morgan fingerprint density at radius 1 is 0.750 bits per heavy atom. The Hall–Kier alpha value is -2.38. The fraction of sp³-hybridized carbons (Fsp3) is 0.217. The topological polar surface area (TPSA) is 9.23 Å². The summed E-state index contributed by atoms with van der Waals surface area (Å²) < 4.78 is 6.14. The van der Waals surface area contributed by atoms with Crippen LogP contribution in [0.25, 0.3) is 11.1 Å². The van der Waals surface area contributed by atoms with Crippen LogP contribution in [0.4, 0.5) is 0 Å². The summed E-state index contributed by atoms with van der Waals surface area (Å²) in [5.41, 5.74) is 4.70. The lowest BCUT2D eigenvalue weighted by Crippen LogP contribution is -2.31. The molecule has 1 unspecified atom stereocenters. The average Bonchev–Trinajstić information content (AvgIpc) is 2.68. The molecule has 0 aliphatic rings. The fourth-order valence-electron chi connectivity index (χ4n) is 3.41. The van der Waals surface area contributed by atoms with Gasteiger partial charge in [0, 0.05) is 13.5 Å². The highest BCUT2D eigenvalue weighted by atomic mass is 16.5. The number of rotatable bonds is 6. The van der Waals surface area contributed by atoms with Gasteiger partial charge in [-0.1, -0.05) is 91.9 Å². The van der Waals surface area contributed by atoms with Gasteiger partial charge in [-0.05, 0) is 28.7 Å². The van der Waals surface area contributed by atoms with Crippen LogP contribution < -0.4 is 0 Å². The molecule has 1 nitrogen and oxygen atoms in total. The van der Waals surface area contributed by atoms with Gasteiger partial charge in [0.15, 0.2) is 0 Å². The fourth-order valence-corrected chi connectivity index (χ4v) is 3.41. The van der Waals surface area contributed by atoms with E-state index < -0.39 is 0 Å². The second-order valence-electron chi connectivity index (χ2n) is 6.13. The first-order valence-electron chi connectivity index (χ1n) is 8.53. The van der Waals surface area contributed by atoms with Crippen LogP contribution in [0.15, 0.2) is 84.9 Å². The van der Waals surface area contributed by atoms with E-state index in [-0.39, 0.29) is 5.60 Å². The van der Waals surface area contributed by atoms with E-state index in [1.807, 2.05) is 7.11 Å². The molecule has 0 aliphatic carbocycles. The Morgan fingerprint density at radius 3 is 1.96 bits per heavy atom. The zero-order valence-corrected chi connectivity index (χ0v) is 14.4. The van der Waals surface area contributed by atoms with Gasteiger partial charge in [0.25, 0.3) is 0 Å². The number of methoxy groups -OCH3 is 1. The van der Waals surface area contributed by atoms with Crippen molar-refractivity contribution in [3.05, 3.63) is 96.1 Å². The standard InChI is InChI=1S/C23H24O/c1-3-23(24-2,18-19-12-6-4-7-13-19)22-17-11-10-16-21(22)20-14-8-5-9-15-20/h4-17H,3,18H2,1-2H3. The smallest absolute Gasteiger partial charge is 0.0971 e. The summed E-state index contributed by atoms with van der Waals surface area (Å²) in [5.74, 6) is 0. The van der Waals surface area contributed by atoms with Gasteiger partial charge in [0.05, 0.1) is 5.60 Å². The van der Waals surface area contributed by atoms with Crippen molar-refractivity contribution in [3.63, 3.8) is 0 Å². The maximum Gasteiger partial charge on any atom is 0.0971 e. The second kappa shape index (κ2) is 7.46. The first kappa shape index (κ1) is 16.5. The van der Waals surface area contributed by atoms with Crippen molar-refractivity contribution < 1.29 is 4.74 Å². The molecule has 122 valence electrons. The quantitative estimate of drug-likeness (QED) is 0.554. The van der Waals surface area contributed by atoms with E-state index in [9.17, 15) is 0 Å². The van der Waals surface area contributed by atoms with Crippen molar-refractivity contribution in [3.8, 4) is 11.1 Å². The van der Waals surface area contributed by atoms with E-state index in [1.54, 1.807) is 0 Å². The summed E-state index contributed by atoms with van der Waals surface area (Å²) in [6.07, 6.45) is 1.78. The Bertz CT molecular complexity index is 758. The van der Waals surface area contributed by atoms with Crippen molar-refractivity contribution in [2.24, 2.45) is 0 Å². The molecule has 0 aromatic heterocycles. The van der Waals surface area contributed by atoms with Crippen LogP contribution in [0.5, 0.6) is 0 Å². The lowest BCUT2D eigenvalue weighted by Gasteiger charge is -2.34. The molecule has 0 saturated carbocycles. The molecule has 3 aromatic rings. The van der Waals surface area contributed by atoms with E-state index in [0.29, 0.717) is 0 Å². The normalized spacial score (nSPS) is 13.4. The molecular formula is C23H24O. The van der Waals surface area contributed by atoms with E-state index in [0.717, 1.165) is 12.8 Å². The van der Waals surface area contributed by atoms with Crippen molar-refractivity contribution in [1.82, 2.24) is 0 Å². The highest BCUT2D eigenvalue weighted by molar-refractivity contribution is 5.68. The predicted octanol–water partition coefficient (Wildman–Crippen LogP) is 5.85. The molecule has 0 amide bonds. The Balaban J connectivity index is 2.10. The van der Waals surface area contributed by atoms with Gasteiger partial charge < -0.3 is 4.74 Å². The van der Waals surface area contributed by atoms with Gasteiger partial charge in [-0.25, -0.2) is 0 Å². The number of ether oxygens (including phenoxy) is 1.